The van der Waals surface area contributed by atoms with Gasteiger partial charge >= 0.3 is 0 Å². The Bertz CT molecular complexity index is 283. The van der Waals surface area contributed by atoms with Crippen molar-refractivity contribution in [3.8, 4) is 0 Å². The number of amides is 1. The van der Waals surface area contributed by atoms with Crippen LogP contribution in [0.4, 0.5) is 0 Å². The Kier molecular flexibility index (Phi) is 1.56. The molecule has 0 N–H and O–H groups in total. The van der Waals surface area contributed by atoms with Crippen LogP contribution < -0.4 is 0 Å². The summed E-state index contributed by atoms with van der Waals surface area (Å²) in [5, 5.41) is 0. The zero-order chi connectivity index (χ0) is 9.76. The van der Waals surface area contributed by atoms with E-state index >= 15 is 0 Å². The summed E-state index contributed by atoms with van der Waals surface area (Å²) in [5.74, 6) is 1.15. The molecule has 76 valence electrons. The topological polar surface area (TPSA) is 37.4 Å². The molecule has 3 atom stereocenters. The Morgan fingerprint density at radius 1 is 1.21 bits per heavy atom. The molecule has 1 amide bonds. The van der Waals surface area contributed by atoms with Gasteiger partial charge in [-0.15, -0.1) is 0 Å². The highest BCUT2D eigenvalue weighted by Crippen LogP contribution is 2.71. The number of fused-ring (bicyclic) bond motifs is 3. The number of rotatable bonds is 2. The van der Waals surface area contributed by atoms with Crippen LogP contribution in [0.3, 0.4) is 0 Å². The zero-order valence-electron chi connectivity index (χ0n) is 8.19. The minimum Gasteiger partial charge on any atom is -0.335 e. The number of carbonyl (C=O) groups is 2. The molecule has 0 bridgehead atoms. The maximum Gasteiger partial charge on any atom is 0.210 e. The molecule has 1 heterocycles. The van der Waals surface area contributed by atoms with E-state index in [9.17, 15) is 9.59 Å². The Hall–Kier alpha value is -0.860. The lowest BCUT2D eigenvalue weighted by Crippen LogP contribution is -2.36. The molecular formula is C11H15NO2. The normalized spacial score (nSPS) is 42.6. The molecule has 0 aromatic heterocycles. The van der Waals surface area contributed by atoms with E-state index in [1.165, 1.54) is 25.7 Å². The minimum absolute atomic E-state index is 0.101. The van der Waals surface area contributed by atoms with Crippen LogP contribution in [-0.2, 0) is 9.59 Å². The summed E-state index contributed by atoms with van der Waals surface area (Å²) in [6.45, 7) is 0.831. The molecule has 2 aliphatic carbocycles. The van der Waals surface area contributed by atoms with Crippen molar-refractivity contribution in [3.63, 3.8) is 0 Å². The molecular weight excluding hydrogens is 178 g/mol. The van der Waals surface area contributed by atoms with Gasteiger partial charge in [-0.3, -0.25) is 4.79 Å². The lowest BCUT2D eigenvalue weighted by atomic mass is 9.95. The van der Waals surface area contributed by atoms with Crippen molar-refractivity contribution in [2.45, 2.75) is 31.7 Å². The molecule has 1 spiro atoms. The third-order valence-electron chi connectivity index (χ3n) is 4.69. The standard InChI is InChI=1S/C11H15NO2/c13-6-9-10-8(5-12(9)7-14)11(10)3-1-2-4-11/h6-10H,1-5H2/t8-,9+,10-/m0/s1. The van der Waals surface area contributed by atoms with E-state index in [4.69, 9.17) is 0 Å². The van der Waals surface area contributed by atoms with E-state index in [1.807, 2.05) is 0 Å². The van der Waals surface area contributed by atoms with Gasteiger partial charge in [0.25, 0.3) is 0 Å². The fraction of sp³-hybridized carbons (Fsp3) is 0.818. The molecule has 1 saturated heterocycles. The summed E-state index contributed by atoms with van der Waals surface area (Å²) in [7, 11) is 0. The van der Waals surface area contributed by atoms with Gasteiger partial charge in [0.2, 0.25) is 6.41 Å². The maximum absolute atomic E-state index is 11.0. The summed E-state index contributed by atoms with van der Waals surface area (Å²) in [5.41, 5.74) is 0.477. The predicted octanol–water partition coefficient (Wildman–Crippen LogP) is 0.832. The molecule has 0 aromatic carbocycles. The summed E-state index contributed by atoms with van der Waals surface area (Å²) in [4.78, 5) is 23.4. The molecule has 14 heavy (non-hydrogen) atoms. The third-order valence-corrected chi connectivity index (χ3v) is 4.69. The van der Waals surface area contributed by atoms with Crippen molar-refractivity contribution in [1.82, 2.24) is 4.90 Å². The van der Waals surface area contributed by atoms with Crippen molar-refractivity contribution >= 4 is 12.7 Å². The van der Waals surface area contributed by atoms with Crippen LogP contribution in [-0.4, -0.2) is 30.2 Å². The molecule has 2 saturated carbocycles. The first-order valence-corrected chi connectivity index (χ1v) is 5.50. The van der Waals surface area contributed by atoms with Crippen molar-refractivity contribution in [1.29, 1.82) is 0 Å². The van der Waals surface area contributed by atoms with Gasteiger partial charge in [-0.05, 0) is 30.1 Å². The summed E-state index contributed by atoms with van der Waals surface area (Å²) in [6, 6.07) is -0.101. The van der Waals surface area contributed by atoms with Crippen molar-refractivity contribution in [2.24, 2.45) is 17.3 Å². The van der Waals surface area contributed by atoms with Crippen LogP contribution in [0, 0.1) is 17.3 Å². The van der Waals surface area contributed by atoms with Gasteiger partial charge in [0.1, 0.15) is 6.29 Å². The van der Waals surface area contributed by atoms with Crippen LogP contribution in [0.1, 0.15) is 25.7 Å². The van der Waals surface area contributed by atoms with E-state index < -0.39 is 0 Å². The van der Waals surface area contributed by atoms with E-state index in [2.05, 4.69) is 0 Å². The van der Waals surface area contributed by atoms with Crippen LogP contribution >= 0.6 is 0 Å². The molecule has 3 heteroatoms. The average Bonchev–Trinajstić information content (AvgIpc) is 2.62. The molecule has 3 fully saturated rings. The van der Waals surface area contributed by atoms with Crippen LogP contribution in [0.25, 0.3) is 0 Å². The Labute approximate surface area is 83.5 Å². The number of aldehydes is 1. The van der Waals surface area contributed by atoms with Crippen LogP contribution in [0.15, 0.2) is 0 Å². The van der Waals surface area contributed by atoms with Gasteiger partial charge in [0.15, 0.2) is 0 Å². The number of piperidine rings is 1. The fourth-order valence-corrected chi connectivity index (χ4v) is 4.05. The van der Waals surface area contributed by atoms with Gasteiger partial charge in [0, 0.05) is 6.54 Å². The molecule has 3 nitrogen and oxygen atoms in total. The van der Waals surface area contributed by atoms with E-state index in [1.54, 1.807) is 4.90 Å². The van der Waals surface area contributed by atoms with E-state index in [0.29, 0.717) is 17.3 Å². The Morgan fingerprint density at radius 3 is 2.50 bits per heavy atom. The maximum atomic E-state index is 11.0. The number of nitrogens with zero attached hydrogens (tertiary/aromatic N) is 1. The lowest BCUT2D eigenvalue weighted by Gasteiger charge is -2.24. The van der Waals surface area contributed by atoms with Gasteiger partial charge in [-0.2, -0.15) is 0 Å². The highest BCUT2D eigenvalue weighted by molar-refractivity contribution is 5.67. The highest BCUT2D eigenvalue weighted by atomic mass is 16.1. The minimum atomic E-state index is -0.101. The Morgan fingerprint density at radius 2 is 1.93 bits per heavy atom. The van der Waals surface area contributed by atoms with E-state index in [-0.39, 0.29) is 6.04 Å². The van der Waals surface area contributed by atoms with Crippen LogP contribution in [0.2, 0.25) is 0 Å². The van der Waals surface area contributed by atoms with E-state index in [0.717, 1.165) is 19.2 Å². The monoisotopic (exact) mass is 193 g/mol. The second-order valence-electron chi connectivity index (χ2n) is 5.00. The van der Waals surface area contributed by atoms with Gasteiger partial charge in [0.05, 0.1) is 6.04 Å². The van der Waals surface area contributed by atoms with Crippen molar-refractivity contribution in [3.05, 3.63) is 0 Å². The first-order valence-electron chi connectivity index (χ1n) is 5.50. The zero-order valence-corrected chi connectivity index (χ0v) is 8.19. The lowest BCUT2D eigenvalue weighted by molar-refractivity contribution is -0.125. The summed E-state index contributed by atoms with van der Waals surface area (Å²) < 4.78 is 0. The molecule has 3 rings (SSSR count). The fourth-order valence-electron chi connectivity index (χ4n) is 4.05. The summed E-state index contributed by atoms with van der Waals surface area (Å²) in [6.07, 6.45) is 7.04. The predicted molar refractivity (Wildman–Crippen MR) is 50.5 cm³/mol. The SMILES string of the molecule is O=C[C@@H]1[C@@H]2[C@H](CN1C=O)C21CCCC1. The molecule has 0 unspecified atom stereocenters. The molecule has 3 aliphatic rings. The molecule has 1 aliphatic heterocycles. The highest BCUT2D eigenvalue weighted by Gasteiger charge is 2.71. The quantitative estimate of drug-likeness (QED) is 0.609. The van der Waals surface area contributed by atoms with Gasteiger partial charge in [-0.25, -0.2) is 0 Å². The van der Waals surface area contributed by atoms with Gasteiger partial charge < -0.3 is 9.69 Å². The average molecular weight is 193 g/mol. The number of carbonyl (C=O) groups excluding carboxylic acids is 2. The third kappa shape index (κ3) is 0.787. The first kappa shape index (κ1) is 8.45. The second-order valence-corrected chi connectivity index (χ2v) is 5.00. The first-order chi connectivity index (χ1) is 6.83. The summed E-state index contributed by atoms with van der Waals surface area (Å²) >= 11 is 0. The van der Waals surface area contributed by atoms with Crippen LogP contribution in [0.5, 0.6) is 0 Å². The Balaban J connectivity index is 1.83. The molecule has 0 aromatic rings. The molecule has 0 radical (unpaired) electrons. The largest absolute Gasteiger partial charge is 0.335 e. The second kappa shape index (κ2) is 2.59. The smallest absolute Gasteiger partial charge is 0.210 e. The number of likely N-dealkylation sites (tertiary alicyclic amines) is 1. The van der Waals surface area contributed by atoms with Gasteiger partial charge in [-0.1, -0.05) is 12.8 Å². The van der Waals surface area contributed by atoms with Crippen molar-refractivity contribution < 1.29 is 9.59 Å². The number of hydrogen-bond donors (Lipinski definition) is 0. The van der Waals surface area contributed by atoms with Crippen molar-refractivity contribution in [2.75, 3.05) is 6.54 Å². The number of hydrogen-bond acceptors (Lipinski definition) is 2.